The average molecular weight is 451 g/mol. The molecule has 33 heavy (non-hydrogen) atoms. The summed E-state index contributed by atoms with van der Waals surface area (Å²) in [6.07, 6.45) is 0.228. The zero-order chi connectivity index (χ0) is 23.0. The first kappa shape index (κ1) is 21.1. The number of hydrogen-bond donors (Lipinski definition) is 0. The van der Waals surface area contributed by atoms with Crippen molar-refractivity contribution in [2.45, 2.75) is 31.5 Å². The standard InChI is InChI=1S/C24H20F3N5O/c1-33-23-16(15-10-12-28-13-11-15)8-9-20(29-23)21-30-22-18(6-4-14-32(22)31-21)17-5-2-3-7-19(17)24(25,26)27/h2-3,5,7-13,18H,4,6,14H2,1H3. The van der Waals surface area contributed by atoms with Crippen LogP contribution in [0.4, 0.5) is 13.2 Å². The number of alkyl halides is 3. The van der Waals surface area contributed by atoms with E-state index >= 15 is 0 Å². The first-order valence-corrected chi connectivity index (χ1v) is 10.5. The van der Waals surface area contributed by atoms with Gasteiger partial charge in [-0.1, -0.05) is 18.2 Å². The number of aromatic nitrogens is 5. The van der Waals surface area contributed by atoms with Crippen molar-refractivity contribution in [1.82, 2.24) is 24.7 Å². The molecule has 0 saturated heterocycles. The van der Waals surface area contributed by atoms with E-state index in [1.807, 2.05) is 18.2 Å². The molecule has 168 valence electrons. The second-order valence-corrected chi connectivity index (χ2v) is 7.79. The SMILES string of the molecule is COc1nc(-c2nc3n(n2)CCCC3c2ccccc2C(F)(F)F)ccc1-c1ccncc1. The van der Waals surface area contributed by atoms with Gasteiger partial charge in [-0.25, -0.2) is 14.6 Å². The zero-order valence-electron chi connectivity index (χ0n) is 17.8. The van der Waals surface area contributed by atoms with Gasteiger partial charge in [0.25, 0.3) is 0 Å². The van der Waals surface area contributed by atoms with Gasteiger partial charge < -0.3 is 4.74 Å². The third kappa shape index (κ3) is 3.94. The molecular weight excluding hydrogens is 431 g/mol. The van der Waals surface area contributed by atoms with E-state index in [0.29, 0.717) is 42.6 Å². The second-order valence-electron chi connectivity index (χ2n) is 7.79. The zero-order valence-corrected chi connectivity index (χ0v) is 17.8. The molecule has 5 rings (SSSR count). The third-order valence-electron chi connectivity index (χ3n) is 5.79. The molecule has 0 N–H and O–H groups in total. The van der Waals surface area contributed by atoms with Gasteiger partial charge in [0.1, 0.15) is 11.5 Å². The molecule has 0 radical (unpaired) electrons. The van der Waals surface area contributed by atoms with E-state index in [0.717, 1.165) is 17.2 Å². The van der Waals surface area contributed by atoms with E-state index < -0.39 is 17.7 Å². The summed E-state index contributed by atoms with van der Waals surface area (Å²) in [6.45, 7) is 0.596. The molecule has 1 atom stereocenters. The smallest absolute Gasteiger partial charge is 0.416 e. The van der Waals surface area contributed by atoms with Crippen LogP contribution >= 0.6 is 0 Å². The predicted octanol–water partition coefficient (Wildman–Crippen LogP) is 5.36. The maximum atomic E-state index is 13.6. The molecule has 0 saturated carbocycles. The lowest BCUT2D eigenvalue weighted by molar-refractivity contribution is -0.138. The van der Waals surface area contributed by atoms with Crippen LogP contribution in [-0.4, -0.2) is 31.8 Å². The number of methoxy groups -OCH3 is 1. The number of ether oxygens (including phenoxy) is 1. The number of benzene rings is 1. The molecule has 4 aromatic rings. The Morgan fingerprint density at radius 3 is 2.55 bits per heavy atom. The molecule has 0 bridgehead atoms. The number of hydrogen-bond acceptors (Lipinski definition) is 5. The van der Waals surface area contributed by atoms with Crippen LogP contribution in [0.2, 0.25) is 0 Å². The molecule has 1 aliphatic rings. The summed E-state index contributed by atoms with van der Waals surface area (Å²) < 4.78 is 48.1. The van der Waals surface area contributed by atoms with E-state index in [1.54, 1.807) is 29.2 Å². The first-order valence-electron chi connectivity index (χ1n) is 10.5. The van der Waals surface area contributed by atoms with Gasteiger partial charge in [0.15, 0.2) is 5.82 Å². The maximum absolute atomic E-state index is 13.6. The summed E-state index contributed by atoms with van der Waals surface area (Å²) in [6, 6.07) is 13.1. The summed E-state index contributed by atoms with van der Waals surface area (Å²) in [4.78, 5) is 13.2. The fourth-order valence-corrected chi connectivity index (χ4v) is 4.28. The highest BCUT2D eigenvalue weighted by Gasteiger charge is 2.37. The highest BCUT2D eigenvalue weighted by atomic mass is 19.4. The van der Waals surface area contributed by atoms with Crippen LogP contribution in [-0.2, 0) is 12.7 Å². The fraction of sp³-hybridized carbons (Fsp3) is 0.250. The molecule has 4 heterocycles. The number of nitrogens with zero attached hydrogens (tertiary/aromatic N) is 5. The van der Waals surface area contributed by atoms with Crippen LogP contribution in [0.3, 0.4) is 0 Å². The van der Waals surface area contributed by atoms with E-state index in [1.165, 1.54) is 19.2 Å². The molecular formula is C24H20F3N5O. The molecule has 1 aromatic carbocycles. The summed E-state index contributed by atoms with van der Waals surface area (Å²) in [5.74, 6) is 0.800. The average Bonchev–Trinajstić information content (AvgIpc) is 3.28. The van der Waals surface area contributed by atoms with Crippen LogP contribution in [0.25, 0.3) is 22.6 Å². The second kappa shape index (κ2) is 8.31. The van der Waals surface area contributed by atoms with Crippen molar-refractivity contribution < 1.29 is 17.9 Å². The molecule has 1 aliphatic heterocycles. The lowest BCUT2D eigenvalue weighted by Gasteiger charge is -2.25. The van der Waals surface area contributed by atoms with E-state index in [-0.39, 0.29) is 5.56 Å². The van der Waals surface area contributed by atoms with Gasteiger partial charge in [0.2, 0.25) is 5.88 Å². The van der Waals surface area contributed by atoms with Crippen molar-refractivity contribution in [3.8, 4) is 28.5 Å². The minimum atomic E-state index is -4.43. The van der Waals surface area contributed by atoms with Gasteiger partial charge >= 0.3 is 6.18 Å². The third-order valence-corrected chi connectivity index (χ3v) is 5.79. The topological polar surface area (TPSA) is 65.7 Å². The summed E-state index contributed by atoms with van der Waals surface area (Å²) in [5, 5.41) is 4.56. The van der Waals surface area contributed by atoms with Crippen LogP contribution in [0.1, 0.15) is 35.7 Å². The fourth-order valence-electron chi connectivity index (χ4n) is 4.28. The Balaban J connectivity index is 1.55. The van der Waals surface area contributed by atoms with E-state index in [4.69, 9.17) is 4.74 Å². The van der Waals surface area contributed by atoms with Crippen molar-refractivity contribution in [3.63, 3.8) is 0 Å². The van der Waals surface area contributed by atoms with Gasteiger partial charge in [0, 0.05) is 30.4 Å². The minimum Gasteiger partial charge on any atom is -0.481 e. The van der Waals surface area contributed by atoms with Gasteiger partial charge in [-0.3, -0.25) is 4.98 Å². The maximum Gasteiger partial charge on any atom is 0.416 e. The van der Waals surface area contributed by atoms with E-state index in [9.17, 15) is 13.2 Å². The minimum absolute atomic E-state index is 0.225. The molecule has 6 nitrogen and oxygen atoms in total. The van der Waals surface area contributed by atoms with Gasteiger partial charge in [-0.05, 0) is 54.3 Å². The Labute approximate surface area is 188 Å². The monoisotopic (exact) mass is 451 g/mol. The number of pyridine rings is 2. The van der Waals surface area contributed by atoms with Crippen molar-refractivity contribution >= 4 is 0 Å². The highest BCUT2D eigenvalue weighted by Crippen LogP contribution is 2.41. The Morgan fingerprint density at radius 2 is 1.79 bits per heavy atom. The Bertz CT molecular complexity index is 1290. The number of fused-ring (bicyclic) bond motifs is 1. The van der Waals surface area contributed by atoms with Gasteiger partial charge in [-0.2, -0.15) is 13.2 Å². The Morgan fingerprint density at radius 1 is 1.00 bits per heavy atom. The Hall–Kier alpha value is -3.75. The lowest BCUT2D eigenvalue weighted by Crippen LogP contribution is -2.21. The first-order chi connectivity index (χ1) is 16.0. The van der Waals surface area contributed by atoms with Crippen molar-refractivity contribution in [2.24, 2.45) is 0 Å². The van der Waals surface area contributed by atoms with E-state index in [2.05, 4.69) is 20.1 Å². The summed E-state index contributed by atoms with van der Waals surface area (Å²) in [5.41, 5.74) is 1.79. The molecule has 0 aliphatic carbocycles. The van der Waals surface area contributed by atoms with Gasteiger partial charge in [-0.15, -0.1) is 5.10 Å². The normalized spacial score (nSPS) is 15.8. The number of rotatable bonds is 4. The number of aryl methyl sites for hydroxylation is 1. The predicted molar refractivity (Wildman–Crippen MR) is 116 cm³/mol. The molecule has 0 amide bonds. The number of halogens is 3. The van der Waals surface area contributed by atoms with Crippen LogP contribution in [0.5, 0.6) is 5.88 Å². The molecule has 1 unspecified atom stereocenters. The van der Waals surface area contributed by atoms with Crippen LogP contribution < -0.4 is 4.74 Å². The van der Waals surface area contributed by atoms with Crippen molar-refractivity contribution in [2.75, 3.05) is 7.11 Å². The lowest BCUT2D eigenvalue weighted by atomic mass is 9.88. The summed E-state index contributed by atoms with van der Waals surface area (Å²) >= 11 is 0. The highest BCUT2D eigenvalue weighted by molar-refractivity contribution is 5.70. The van der Waals surface area contributed by atoms with Crippen molar-refractivity contribution in [1.29, 1.82) is 0 Å². The molecule has 0 spiro atoms. The van der Waals surface area contributed by atoms with Crippen LogP contribution in [0.15, 0.2) is 60.9 Å². The Kier molecular flexibility index (Phi) is 5.32. The molecule has 9 heteroatoms. The quantitative estimate of drug-likeness (QED) is 0.418. The summed E-state index contributed by atoms with van der Waals surface area (Å²) in [7, 11) is 1.53. The van der Waals surface area contributed by atoms with Crippen LogP contribution in [0, 0.1) is 0 Å². The van der Waals surface area contributed by atoms with Gasteiger partial charge in [0.05, 0.1) is 12.7 Å². The largest absolute Gasteiger partial charge is 0.481 e. The molecule has 3 aromatic heterocycles. The molecule has 0 fully saturated rings. The van der Waals surface area contributed by atoms with Crippen molar-refractivity contribution in [3.05, 3.63) is 77.9 Å².